The predicted molar refractivity (Wildman–Crippen MR) is 104 cm³/mol. The van der Waals surface area contributed by atoms with Gasteiger partial charge in [0.15, 0.2) is 0 Å². The molecule has 1 N–H and O–H groups in total. The molecule has 0 spiro atoms. The van der Waals surface area contributed by atoms with Gasteiger partial charge in [0, 0.05) is 18.1 Å². The first kappa shape index (κ1) is 19.0. The number of sulfonamides is 1. The molecule has 0 aromatic heterocycles. The van der Waals surface area contributed by atoms with Gasteiger partial charge in [-0.3, -0.25) is 9.10 Å². The Hall–Kier alpha value is -1.76. The first-order valence-electron chi connectivity index (χ1n) is 8.20. The molecule has 0 atom stereocenters. The van der Waals surface area contributed by atoms with Gasteiger partial charge in [-0.05, 0) is 42.7 Å². The Morgan fingerprint density at radius 1 is 1.08 bits per heavy atom. The van der Waals surface area contributed by atoms with E-state index in [0.717, 1.165) is 12.0 Å². The van der Waals surface area contributed by atoms with E-state index >= 15 is 0 Å². The summed E-state index contributed by atoms with van der Waals surface area (Å²) < 4.78 is 25.9. The topological polar surface area (TPSA) is 66.5 Å². The van der Waals surface area contributed by atoms with Crippen LogP contribution in [0.1, 0.15) is 28.8 Å². The number of nitrogens with zero attached hydrogens (tertiary/aromatic N) is 1. The molecular formula is C18H18Cl2N2O3S. The summed E-state index contributed by atoms with van der Waals surface area (Å²) in [6.07, 6.45) is 1.44. The largest absolute Gasteiger partial charge is 0.348 e. The monoisotopic (exact) mass is 412 g/mol. The summed E-state index contributed by atoms with van der Waals surface area (Å²) in [4.78, 5) is 12.5. The minimum absolute atomic E-state index is 0.115. The quantitative estimate of drug-likeness (QED) is 0.828. The van der Waals surface area contributed by atoms with E-state index in [4.69, 9.17) is 23.2 Å². The van der Waals surface area contributed by atoms with Crippen molar-refractivity contribution in [1.82, 2.24) is 5.32 Å². The zero-order valence-corrected chi connectivity index (χ0v) is 16.2. The molecule has 2 aromatic rings. The fraction of sp³-hybridized carbons (Fsp3) is 0.278. The van der Waals surface area contributed by atoms with Crippen LogP contribution in [0.3, 0.4) is 0 Å². The van der Waals surface area contributed by atoms with Crippen molar-refractivity contribution in [3.63, 3.8) is 0 Å². The summed E-state index contributed by atoms with van der Waals surface area (Å²) in [5.74, 6) is -0.268. The van der Waals surface area contributed by atoms with E-state index in [0.29, 0.717) is 23.7 Å². The SMILES string of the molecule is O=C(NCc1ccccc1Cl)c1cc(N2CCCCS2(=O)=O)ccc1Cl. The number of amides is 1. The number of hydrogen-bond donors (Lipinski definition) is 1. The van der Waals surface area contributed by atoms with Crippen LogP contribution in [0.15, 0.2) is 42.5 Å². The zero-order valence-electron chi connectivity index (χ0n) is 13.9. The van der Waals surface area contributed by atoms with Crippen LogP contribution >= 0.6 is 23.2 Å². The standard InChI is InChI=1S/C18H18Cl2N2O3S/c19-16-6-2-1-5-13(16)12-21-18(23)15-11-14(7-8-17(15)20)22-9-3-4-10-26(22,24)25/h1-2,5-8,11H,3-4,9-10,12H2,(H,21,23). The second kappa shape index (κ2) is 7.86. The van der Waals surface area contributed by atoms with Gasteiger partial charge in [-0.25, -0.2) is 8.42 Å². The molecule has 0 aliphatic carbocycles. The maximum absolute atomic E-state index is 12.5. The Morgan fingerprint density at radius 2 is 1.85 bits per heavy atom. The lowest BCUT2D eigenvalue weighted by atomic mass is 10.1. The molecular weight excluding hydrogens is 395 g/mol. The summed E-state index contributed by atoms with van der Waals surface area (Å²) in [5.41, 5.74) is 1.47. The molecule has 0 unspecified atom stereocenters. The fourth-order valence-electron chi connectivity index (χ4n) is 2.83. The second-order valence-electron chi connectivity index (χ2n) is 6.03. The van der Waals surface area contributed by atoms with E-state index in [1.807, 2.05) is 18.2 Å². The summed E-state index contributed by atoms with van der Waals surface area (Å²) in [7, 11) is -3.35. The minimum Gasteiger partial charge on any atom is -0.348 e. The minimum atomic E-state index is -3.35. The molecule has 5 nitrogen and oxygen atoms in total. The number of carbonyl (C=O) groups is 1. The predicted octanol–water partition coefficient (Wildman–Crippen LogP) is 3.85. The Kier molecular flexibility index (Phi) is 5.75. The van der Waals surface area contributed by atoms with Gasteiger partial charge in [-0.15, -0.1) is 0 Å². The number of nitrogens with one attached hydrogen (secondary N) is 1. The highest BCUT2D eigenvalue weighted by atomic mass is 35.5. The van der Waals surface area contributed by atoms with Crippen LogP contribution in [-0.2, 0) is 16.6 Å². The van der Waals surface area contributed by atoms with E-state index in [1.54, 1.807) is 18.2 Å². The number of carbonyl (C=O) groups excluding carboxylic acids is 1. The fourth-order valence-corrected chi connectivity index (χ4v) is 4.87. The van der Waals surface area contributed by atoms with E-state index < -0.39 is 10.0 Å². The van der Waals surface area contributed by atoms with Crippen LogP contribution in [0.2, 0.25) is 10.0 Å². The van der Waals surface area contributed by atoms with Crippen molar-refractivity contribution in [3.05, 3.63) is 63.6 Å². The molecule has 1 heterocycles. The normalized spacial score (nSPS) is 16.3. The van der Waals surface area contributed by atoms with E-state index in [-0.39, 0.29) is 28.8 Å². The number of halogens is 2. The van der Waals surface area contributed by atoms with Crippen molar-refractivity contribution in [2.45, 2.75) is 19.4 Å². The Balaban J connectivity index is 1.81. The van der Waals surface area contributed by atoms with Gasteiger partial charge < -0.3 is 5.32 Å². The van der Waals surface area contributed by atoms with Gasteiger partial charge in [-0.2, -0.15) is 0 Å². The Morgan fingerprint density at radius 3 is 2.58 bits per heavy atom. The molecule has 26 heavy (non-hydrogen) atoms. The van der Waals surface area contributed by atoms with Crippen molar-refractivity contribution in [1.29, 1.82) is 0 Å². The highest BCUT2D eigenvalue weighted by molar-refractivity contribution is 7.92. The molecule has 3 rings (SSSR count). The van der Waals surface area contributed by atoms with Crippen molar-refractivity contribution in [3.8, 4) is 0 Å². The number of anilines is 1. The molecule has 8 heteroatoms. The molecule has 1 saturated heterocycles. The molecule has 1 amide bonds. The van der Waals surface area contributed by atoms with Gasteiger partial charge in [0.2, 0.25) is 10.0 Å². The molecule has 0 radical (unpaired) electrons. The van der Waals surface area contributed by atoms with Crippen molar-refractivity contribution in [2.75, 3.05) is 16.6 Å². The number of rotatable bonds is 4. The molecule has 0 bridgehead atoms. The van der Waals surface area contributed by atoms with Crippen molar-refractivity contribution < 1.29 is 13.2 Å². The second-order valence-corrected chi connectivity index (χ2v) is 8.86. The first-order valence-corrected chi connectivity index (χ1v) is 10.6. The van der Waals surface area contributed by atoms with Crippen LogP contribution in [-0.4, -0.2) is 26.6 Å². The van der Waals surface area contributed by atoms with Crippen molar-refractivity contribution in [2.24, 2.45) is 0 Å². The van der Waals surface area contributed by atoms with Gasteiger partial charge in [0.05, 0.1) is 22.0 Å². The Bertz CT molecular complexity index is 932. The average molecular weight is 413 g/mol. The van der Waals surface area contributed by atoms with Crippen LogP contribution in [0.4, 0.5) is 5.69 Å². The summed E-state index contributed by atoms with van der Waals surface area (Å²) >= 11 is 12.3. The average Bonchev–Trinajstić information content (AvgIpc) is 2.61. The van der Waals surface area contributed by atoms with Gasteiger partial charge in [0.25, 0.3) is 5.91 Å². The Labute approximate surface area is 163 Å². The number of benzene rings is 2. The summed E-state index contributed by atoms with van der Waals surface area (Å²) in [6, 6.07) is 11.9. The van der Waals surface area contributed by atoms with Crippen LogP contribution in [0, 0.1) is 0 Å². The molecule has 1 aliphatic rings. The zero-order chi connectivity index (χ0) is 18.7. The maximum Gasteiger partial charge on any atom is 0.253 e. The number of hydrogen-bond acceptors (Lipinski definition) is 3. The van der Waals surface area contributed by atoms with Gasteiger partial charge in [-0.1, -0.05) is 41.4 Å². The van der Waals surface area contributed by atoms with E-state index in [9.17, 15) is 13.2 Å². The van der Waals surface area contributed by atoms with E-state index in [2.05, 4.69) is 5.32 Å². The first-order chi connectivity index (χ1) is 12.4. The maximum atomic E-state index is 12.5. The smallest absolute Gasteiger partial charge is 0.253 e. The molecule has 0 saturated carbocycles. The lowest BCUT2D eigenvalue weighted by molar-refractivity contribution is 0.0951. The summed E-state index contributed by atoms with van der Waals surface area (Å²) in [6.45, 7) is 0.658. The van der Waals surface area contributed by atoms with Gasteiger partial charge in [0.1, 0.15) is 0 Å². The molecule has 1 aliphatic heterocycles. The van der Waals surface area contributed by atoms with Crippen LogP contribution in [0.5, 0.6) is 0 Å². The third-order valence-corrected chi connectivity index (χ3v) is 6.80. The lowest BCUT2D eigenvalue weighted by Crippen LogP contribution is -2.38. The lowest BCUT2D eigenvalue weighted by Gasteiger charge is -2.28. The molecule has 2 aromatic carbocycles. The van der Waals surface area contributed by atoms with E-state index in [1.165, 1.54) is 10.4 Å². The molecule has 138 valence electrons. The summed E-state index contributed by atoms with van der Waals surface area (Å²) in [5, 5.41) is 3.60. The molecule has 1 fully saturated rings. The van der Waals surface area contributed by atoms with Crippen LogP contribution < -0.4 is 9.62 Å². The van der Waals surface area contributed by atoms with Crippen LogP contribution in [0.25, 0.3) is 0 Å². The highest BCUT2D eigenvalue weighted by Crippen LogP contribution is 2.28. The third-order valence-electron chi connectivity index (χ3n) is 4.23. The van der Waals surface area contributed by atoms with Gasteiger partial charge >= 0.3 is 0 Å². The highest BCUT2D eigenvalue weighted by Gasteiger charge is 2.27. The van der Waals surface area contributed by atoms with Crippen molar-refractivity contribution >= 4 is 44.8 Å². The third kappa shape index (κ3) is 4.14.